The summed E-state index contributed by atoms with van der Waals surface area (Å²) in [6.07, 6.45) is -0.651. The molecule has 4 nitrogen and oxygen atoms in total. The summed E-state index contributed by atoms with van der Waals surface area (Å²) in [7, 11) is 0. The molecule has 1 fully saturated rings. The number of aliphatic hydroxyl groups is 1. The fourth-order valence-corrected chi connectivity index (χ4v) is 2.26. The lowest BCUT2D eigenvalue weighted by Crippen LogP contribution is -2.14. The number of rotatable bonds is 2. The van der Waals surface area contributed by atoms with Gasteiger partial charge in [-0.2, -0.15) is 0 Å². The number of hydrogen-bond acceptors (Lipinski definition) is 4. The number of aliphatic hydroxyl groups excluding tert-OH is 1. The van der Waals surface area contributed by atoms with Gasteiger partial charge in [0.25, 0.3) is 0 Å². The highest BCUT2D eigenvalue weighted by molar-refractivity contribution is 5.49. The molecule has 4 heteroatoms. The number of para-hydroxylation sites is 1. The Bertz CT molecular complexity index is 455. The molecule has 2 aliphatic heterocycles. The Morgan fingerprint density at radius 2 is 2.24 bits per heavy atom. The molecule has 1 N–H and O–H groups in total. The van der Waals surface area contributed by atoms with Crippen LogP contribution in [0.3, 0.4) is 0 Å². The molecule has 0 aromatic heterocycles. The first-order chi connectivity index (χ1) is 8.27. The van der Waals surface area contributed by atoms with Gasteiger partial charge in [-0.05, 0) is 11.6 Å². The van der Waals surface area contributed by atoms with Gasteiger partial charge in [0.2, 0.25) is 6.79 Å². The van der Waals surface area contributed by atoms with Crippen LogP contribution < -0.4 is 9.47 Å². The van der Waals surface area contributed by atoms with Crippen molar-refractivity contribution in [1.29, 1.82) is 0 Å². The summed E-state index contributed by atoms with van der Waals surface area (Å²) >= 11 is 0. The van der Waals surface area contributed by atoms with Gasteiger partial charge in [0.15, 0.2) is 11.5 Å². The summed E-state index contributed by atoms with van der Waals surface area (Å²) in [4.78, 5) is 0. The summed E-state index contributed by atoms with van der Waals surface area (Å²) < 4.78 is 16.0. The van der Waals surface area contributed by atoms with Crippen molar-refractivity contribution in [3.8, 4) is 11.5 Å². The van der Waals surface area contributed by atoms with Crippen molar-refractivity contribution in [2.24, 2.45) is 5.92 Å². The van der Waals surface area contributed by atoms with E-state index in [1.165, 1.54) is 0 Å². The van der Waals surface area contributed by atoms with E-state index in [0.29, 0.717) is 24.7 Å². The van der Waals surface area contributed by atoms with Crippen LogP contribution in [0.15, 0.2) is 30.4 Å². The van der Waals surface area contributed by atoms with E-state index in [4.69, 9.17) is 14.2 Å². The number of fused-ring (bicyclic) bond motifs is 1. The molecular formula is C13H14O4. The maximum absolute atomic E-state index is 10.4. The van der Waals surface area contributed by atoms with Gasteiger partial charge in [-0.25, -0.2) is 0 Å². The minimum atomic E-state index is -0.651. The second kappa shape index (κ2) is 4.05. The Labute approximate surface area is 99.4 Å². The van der Waals surface area contributed by atoms with E-state index in [2.05, 4.69) is 6.58 Å². The molecule has 0 unspecified atom stereocenters. The molecule has 0 aliphatic carbocycles. The van der Waals surface area contributed by atoms with Gasteiger partial charge in [-0.15, -0.1) is 0 Å². The summed E-state index contributed by atoms with van der Waals surface area (Å²) in [6, 6.07) is 5.53. The minimum absolute atomic E-state index is 0.0642. The van der Waals surface area contributed by atoms with E-state index in [9.17, 15) is 5.11 Å². The lowest BCUT2D eigenvalue weighted by Gasteiger charge is -2.19. The molecule has 90 valence electrons. The van der Waals surface area contributed by atoms with Crippen LogP contribution in [0.25, 0.3) is 0 Å². The molecule has 0 spiro atoms. The fourth-order valence-electron chi connectivity index (χ4n) is 2.26. The molecule has 17 heavy (non-hydrogen) atoms. The summed E-state index contributed by atoms with van der Waals surface area (Å²) in [6.45, 7) is 5.15. The van der Waals surface area contributed by atoms with Crippen LogP contribution in [-0.4, -0.2) is 25.1 Å². The van der Waals surface area contributed by atoms with Crippen LogP contribution >= 0.6 is 0 Å². The van der Waals surface area contributed by atoms with Gasteiger partial charge in [-0.3, -0.25) is 0 Å². The third-order valence-corrected chi connectivity index (χ3v) is 3.24. The summed E-state index contributed by atoms with van der Waals surface area (Å²) in [5.41, 5.74) is 1.67. The molecule has 1 aromatic rings. The zero-order chi connectivity index (χ0) is 11.8. The van der Waals surface area contributed by atoms with E-state index in [0.717, 1.165) is 11.1 Å². The van der Waals surface area contributed by atoms with Crippen molar-refractivity contribution in [3.63, 3.8) is 0 Å². The Kier molecular flexibility index (Phi) is 2.53. The number of benzene rings is 1. The third-order valence-electron chi connectivity index (χ3n) is 3.24. The topological polar surface area (TPSA) is 47.9 Å². The molecular weight excluding hydrogens is 220 g/mol. The maximum Gasteiger partial charge on any atom is 0.231 e. The van der Waals surface area contributed by atoms with E-state index >= 15 is 0 Å². The highest BCUT2D eigenvalue weighted by Gasteiger charge is 2.32. The van der Waals surface area contributed by atoms with Crippen molar-refractivity contribution in [3.05, 3.63) is 35.9 Å². The standard InChI is InChI=1S/C13H14O4/c1-8-5-15-6-10(8)12(14)9-3-2-4-11-13(9)17-7-16-11/h2-4,10,12,14H,1,5-7H2/t10-,12-/m0/s1. The molecule has 1 aromatic carbocycles. The summed E-state index contributed by atoms with van der Waals surface area (Å²) in [5, 5.41) is 10.4. The van der Waals surface area contributed by atoms with Crippen LogP contribution in [0.5, 0.6) is 11.5 Å². The first-order valence-electron chi connectivity index (χ1n) is 5.59. The van der Waals surface area contributed by atoms with Gasteiger partial charge in [0.1, 0.15) is 0 Å². The van der Waals surface area contributed by atoms with Crippen LogP contribution in [-0.2, 0) is 4.74 Å². The third kappa shape index (κ3) is 1.69. The number of hydrogen-bond donors (Lipinski definition) is 1. The van der Waals surface area contributed by atoms with E-state index in [-0.39, 0.29) is 12.7 Å². The SMILES string of the molecule is C=C1COC[C@@H]1[C@@H](O)c1cccc2c1OCO2. The van der Waals surface area contributed by atoms with Crippen LogP contribution in [0.2, 0.25) is 0 Å². The lowest BCUT2D eigenvalue weighted by molar-refractivity contribution is 0.0938. The van der Waals surface area contributed by atoms with Crippen molar-refractivity contribution in [1.82, 2.24) is 0 Å². The van der Waals surface area contributed by atoms with Crippen LogP contribution in [0.4, 0.5) is 0 Å². The first-order valence-corrected chi connectivity index (χ1v) is 5.59. The molecule has 0 radical (unpaired) electrons. The predicted molar refractivity (Wildman–Crippen MR) is 61.0 cm³/mol. The second-order valence-corrected chi connectivity index (χ2v) is 4.31. The molecule has 2 heterocycles. The quantitative estimate of drug-likeness (QED) is 0.790. The number of ether oxygens (including phenoxy) is 3. The highest BCUT2D eigenvalue weighted by Crippen LogP contribution is 2.42. The fraction of sp³-hybridized carbons (Fsp3) is 0.385. The molecule has 3 rings (SSSR count). The lowest BCUT2D eigenvalue weighted by atomic mass is 9.91. The average molecular weight is 234 g/mol. The van der Waals surface area contributed by atoms with Gasteiger partial charge >= 0.3 is 0 Å². The van der Waals surface area contributed by atoms with E-state index in [1.807, 2.05) is 18.2 Å². The largest absolute Gasteiger partial charge is 0.454 e. The van der Waals surface area contributed by atoms with E-state index < -0.39 is 6.10 Å². The Morgan fingerprint density at radius 3 is 3.00 bits per heavy atom. The average Bonchev–Trinajstić information content (AvgIpc) is 2.95. The smallest absolute Gasteiger partial charge is 0.231 e. The van der Waals surface area contributed by atoms with Gasteiger partial charge in [0.05, 0.1) is 19.3 Å². The molecule has 0 saturated carbocycles. The molecule has 2 atom stereocenters. The first kappa shape index (κ1) is 10.6. The Hall–Kier alpha value is -1.52. The van der Waals surface area contributed by atoms with Gasteiger partial charge < -0.3 is 19.3 Å². The summed E-state index contributed by atoms with van der Waals surface area (Å²) in [5.74, 6) is 1.26. The molecule has 2 aliphatic rings. The molecule has 0 amide bonds. The minimum Gasteiger partial charge on any atom is -0.454 e. The zero-order valence-corrected chi connectivity index (χ0v) is 9.39. The van der Waals surface area contributed by atoms with Crippen LogP contribution in [0.1, 0.15) is 11.7 Å². The van der Waals surface area contributed by atoms with Crippen molar-refractivity contribution in [2.45, 2.75) is 6.10 Å². The van der Waals surface area contributed by atoms with Crippen LogP contribution in [0, 0.1) is 5.92 Å². The monoisotopic (exact) mass is 234 g/mol. The zero-order valence-electron chi connectivity index (χ0n) is 9.39. The van der Waals surface area contributed by atoms with Gasteiger partial charge in [-0.1, -0.05) is 18.7 Å². The van der Waals surface area contributed by atoms with Gasteiger partial charge in [0, 0.05) is 11.5 Å². The predicted octanol–water partition coefficient (Wildman–Crippen LogP) is 1.65. The molecule has 1 saturated heterocycles. The second-order valence-electron chi connectivity index (χ2n) is 4.31. The normalized spacial score (nSPS) is 24.1. The molecule has 0 bridgehead atoms. The Morgan fingerprint density at radius 1 is 1.35 bits per heavy atom. The van der Waals surface area contributed by atoms with Crippen molar-refractivity contribution < 1.29 is 19.3 Å². The van der Waals surface area contributed by atoms with Crippen molar-refractivity contribution >= 4 is 0 Å². The highest BCUT2D eigenvalue weighted by atomic mass is 16.7. The Balaban J connectivity index is 1.94. The van der Waals surface area contributed by atoms with Crippen molar-refractivity contribution in [2.75, 3.05) is 20.0 Å². The maximum atomic E-state index is 10.4. The van der Waals surface area contributed by atoms with E-state index in [1.54, 1.807) is 0 Å².